The van der Waals surface area contributed by atoms with E-state index in [2.05, 4.69) is 30.9 Å². The van der Waals surface area contributed by atoms with Crippen molar-refractivity contribution < 1.29 is 22.8 Å². The van der Waals surface area contributed by atoms with Crippen LogP contribution in [-0.4, -0.2) is 46.7 Å². The monoisotopic (exact) mass is 560 g/mol. The molecule has 1 atom stereocenters. The molecule has 1 fully saturated rings. The number of halogens is 4. The summed E-state index contributed by atoms with van der Waals surface area (Å²) in [6.45, 7) is 3.40. The Morgan fingerprint density at radius 1 is 1.26 bits per heavy atom. The van der Waals surface area contributed by atoms with Crippen molar-refractivity contribution in [2.24, 2.45) is 11.8 Å². The van der Waals surface area contributed by atoms with Gasteiger partial charge in [-0.25, -0.2) is 14.3 Å². The Labute approximate surface area is 225 Å². The van der Waals surface area contributed by atoms with E-state index in [0.29, 0.717) is 34.7 Å². The first-order valence-electron chi connectivity index (χ1n) is 12.3. The molecule has 1 amide bonds. The summed E-state index contributed by atoms with van der Waals surface area (Å²) in [6.07, 6.45) is 1.59. The SMILES string of the molecule is CC1=CC(C(=O)CC2CC2)=C(NC(=O)c2cc(Cn3nnnc3C(F)(F)F)nn2-c2ncccc2Cl)C(C)C1. The molecule has 1 unspecified atom stereocenters. The molecule has 2 aliphatic carbocycles. The molecular formula is C25H24ClF3N8O2. The fraction of sp³-hybridized carbons (Fsp3) is 0.400. The second-order valence-electron chi connectivity index (χ2n) is 9.85. The molecule has 39 heavy (non-hydrogen) atoms. The van der Waals surface area contributed by atoms with Crippen molar-refractivity contribution in [3.05, 3.63) is 69.6 Å². The van der Waals surface area contributed by atoms with Crippen molar-refractivity contribution in [1.82, 2.24) is 40.3 Å². The van der Waals surface area contributed by atoms with Gasteiger partial charge in [-0.1, -0.05) is 30.2 Å². The predicted molar refractivity (Wildman–Crippen MR) is 133 cm³/mol. The van der Waals surface area contributed by atoms with Gasteiger partial charge < -0.3 is 5.32 Å². The summed E-state index contributed by atoms with van der Waals surface area (Å²) >= 11 is 6.32. The number of pyridine rings is 1. The lowest BCUT2D eigenvalue weighted by Crippen LogP contribution is -2.32. The summed E-state index contributed by atoms with van der Waals surface area (Å²) < 4.78 is 41.6. The maximum Gasteiger partial charge on any atom is 0.453 e. The summed E-state index contributed by atoms with van der Waals surface area (Å²) in [5.41, 5.74) is 2.03. The smallest absolute Gasteiger partial charge is 0.323 e. The molecule has 3 heterocycles. The number of allylic oxidation sites excluding steroid dienone is 4. The van der Waals surface area contributed by atoms with Gasteiger partial charge in [0.1, 0.15) is 5.69 Å². The van der Waals surface area contributed by atoms with E-state index >= 15 is 0 Å². The van der Waals surface area contributed by atoms with Crippen LogP contribution >= 0.6 is 11.6 Å². The molecule has 0 radical (unpaired) electrons. The number of Topliss-reactive ketones (excluding diaryl/α,β-unsaturated/α-hetero) is 1. The van der Waals surface area contributed by atoms with E-state index in [1.54, 1.807) is 12.1 Å². The number of amides is 1. The minimum atomic E-state index is -4.78. The van der Waals surface area contributed by atoms with Crippen molar-refractivity contribution in [2.75, 3.05) is 0 Å². The standard InChI is InChI=1S/C25H24ClF3N8O2/c1-13-8-14(2)21(17(9-13)20(38)10-15-5-6-15)31-23(39)19-11-16(12-36-24(25(27,28)29)32-34-35-36)33-37(19)22-18(26)4-3-7-30-22/h3-4,7,9,11,14-15H,5-6,8,10,12H2,1-2H3,(H,31,39). The number of carbonyl (C=O) groups excluding carboxylic acids is 2. The van der Waals surface area contributed by atoms with Crippen molar-refractivity contribution in [3.63, 3.8) is 0 Å². The third-order valence-corrected chi connectivity index (χ3v) is 6.85. The van der Waals surface area contributed by atoms with E-state index in [1.807, 2.05) is 19.9 Å². The van der Waals surface area contributed by atoms with Gasteiger partial charge in [-0.2, -0.15) is 18.3 Å². The third kappa shape index (κ3) is 5.77. The van der Waals surface area contributed by atoms with E-state index < -0.39 is 24.5 Å². The van der Waals surface area contributed by atoms with Crippen molar-refractivity contribution >= 4 is 23.3 Å². The number of nitrogens with one attached hydrogen (secondary N) is 1. The van der Waals surface area contributed by atoms with Gasteiger partial charge in [-0.3, -0.25) is 9.59 Å². The zero-order valence-electron chi connectivity index (χ0n) is 21.0. The van der Waals surface area contributed by atoms with Crippen LogP contribution in [0.15, 0.2) is 47.3 Å². The maximum atomic E-state index is 13.7. The van der Waals surface area contributed by atoms with Crippen LogP contribution in [0.3, 0.4) is 0 Å². The number of rotatable bonds is 8. The first-order valence-corrected chi connectivity index (χ1v) is 12.7. The normalized spacial score (nSPS) is 17.8. The van der Waals surface area contributed by atoms with Gasteiger partial charge in [0.15, 0.2) is 11.6 Å². The number of alkyl halides is 3. The third-order valence-electron chi connectivity index (χ3n) is 6.55. The van der Waals surface area contributed by atoms with Crippen LogP contribution in [0.25, 0.3) is 5.82 Å². The fourth-order valence-corrected chi connectivity index (χ4v) is 4.77. The molecule has 0 aromatic carbocycles. The zero-order valence-corrected chi connectivity index (χ0v) is 21.8. The van der Waals surface area contributed by atoms with Crippen molar-refractivity contribution in [2.45, 2.75) is 52.3 Å². The van der Waals surface area contributed by atoms with Crippen LogP contribution in [0.5, 0.6) is 0 Å². The van der Waals surface area contributed by atoms with Crippen molar-refractivity contribution in [1.29, 1.82) is 0 Å². The van der Waals surface area contributed by atoms with Gasteiger partial charge >= 0.3 is 6.18 Å². The molecule has 5 rings (SSSR count). The molecule has 10 nitrogen and oxygen atoms in total. The van der Waals surface area contributed by atoms with Crippen LogP contribution in [0.2, 0.25) is 5.02 Å². The Bertz CT molecular complexity index is 1500. The molecule has 1 N–H and O–H groups in total. The molecule has 2 aliphatic rings. The molecular weight excluding hydrogens is 537 g/mol. The molecule has 0 saturated heterocycles. The number of ketones is 1. The van der Waals surface area contributed by atoms with Gasteiger partial charge in [0.25, 0.3) is 11.7 Å². The average Bonchev–Trinajstić information content (AvgIpc) is 3.37. The lowest BCUT2D eigenvalue weighted by Gasteiger charge is -2.25. The fourth-order valence-electron chi connectivity index (χ4n) is 4.57. The van der Waals surface area contributed by atoms with E-state index in [4.69, 9.17) is 11.6 Å². The Balaban J connectivity index is 1.52. The second-order valence-corrected chi connectivity index (χ2v) is 10.3. The summed E-state index contributed by atoms with van der Waals surface area (Å²) in [5, 5.41) is 16.9. The molecule has 3 aromatic heterocycles. The highest BCUT2D eigenvalue weighted by Gasteiger charge is 2.38. The number of nitrogens with zero attached hydrogens (tertiary/aromatic N) is 7. The molecule has 1 saturated carbocycles. The van der Waals surface area contributed by atoms with Gasteiger partial charge in [0, 0.05) is 29.8 Å². The molecule has 0 aliphatic heterocycles. The highest BCUT2D eigenvalue weighted by molar-refractivity contribution is 6.32. The van der Waals surface area contributed by atoms with Crippen molar-refractivity contribution in [3.8, 4) is 5.82 Å². The number of hydrogen-bond acceptors (Lipinski definition) is 7. The number of carbonyl (C=O) groups is 2. The first-order chi connectivity index (χ1) is 18.5. The van der Waals surface area contributed by atoms with E-state index in [-0.39, 0.29) is 33.9 Å². The number of hydrogen-bond donors (Lipinski definition) is 1. The van der Waals surface area contributed by atoms with Gasteiger partial charge in [-0.05, 0) is 60.7 Å². The number of tetrazole rings is 1. The van der Waals surface area contributed by atoms with E-state index in [0.717, 1.165) is 23.1 Å². The minimum absolute atomic E-state index is 0.0287. The predicted octanol–water partition coefficient (Wildman–Crippen LogP) is 4.31. The Morgan fingerprint density at radius 3 is 2.72 bits per heavy atom. The number of aromatic nitrogens is 7. The van der Waals surface area contributed by atoms with Crippen LogP contribution in [0.1, 0.15) is 61.5 Å². The summed E-state index contributed by atoms with van der Waals surface area (Å²) in [4.78, 5) is 30.9. The lowest BCUT2D eigenvalue weighted by molar-refractivity contribution is -0.147. The first kappa shape index (κ1) is 26.7. The highest BCUT2D eigenvalue weighted by atomic mass is 35.5. The highest BCUT2D eigenvalue weighted by Crippen LogP contribution is 2.36. The Hall–Kier alpha value is -3.87. The zero-order chi connectivity index (χ0) is 27.9. The van der Waals surface area contributed by atoms with Gasteiger partial charge in [0.2, 0.25) is 0 Å². The molecule has 0 bridgehead atoms. The molecule has 3 aromatic rings. The van der Waals surface area contributed by atoms with Crippen LogP contribution in [-0.2, 0) is 17.5 Å². The van der Waals surface area contributed by atoms with Gasteiger partial charge in [-0.15, -0.1) is 5.10 Å². The minimum Gasteiger partial charge on any atom is -0.323 e. The Morgan fingerprint density at radius 2 is 2.03 bits per heavy atom. The average molecular weight is 561 g/mol. The summed E-state index contributed by atoms with van der Waals surface area (Å²) in [6, 6.07) is 4.46. The Kier molecular flexibility index (Phi) is 7.10. The lowest BCUT2D eigenvalue weighted by atomic mass is 9.86. The summed E-state index contributed by atoms with van der Waals surface area (Å²) in [7, 11) is 0. The maximum absolute atomic E-state index is 13.7. The quantitative estimate of drug-likeness (QED) is 0.436. The second kappa shape index (κ2) is 10.4. The van der Waals surface area contributed by atoms with E-state index in [9.17, 15) is 22.8 Å². The largest absolute Gasteiger partial charge is 0.453 e. The van der Waals surface area contributed by atoms with Crippen LogP contribution in [0, 0.1) is 11.8 Å². The topological polar surface area (TPSA) is 120 Å². The summed E-state index contributed by atoms with van der Waals surface area (Å²) in [5.74, 6) is -1.61. The molecule has 0 spiro atoms. The van der Waals surface area contributed by atoms with Gasteiger partial charge in [0.05, 0.1) is 17.3 Å². The molecule has 204 valence electrons. The van der Waals surface area contributed by atoms with E-state index in [1.165, 1.54) is 12.3 Å². The van der Waals surface area contributed by atoms with Crippen LogP contribution in [0.4, 0.5) is 13.2 Å². The molecule has 14 heteroatoms. The van der Waals surface area contributed by atoms with Crippen LogP contribution < -0.4 is 5.32 Å².